The van der Waals surface area contributed by atoms with E-state index in [1.807, 2.05) is 0 Å². The Morgan fingerprint density at radius 1 is 1.25 bits per heavy atom. The lowest BCUT2D eigenvalue weighted by Crippen LogP contribution is -2.29. The average molecular weight is 271 g/mol. The van der Waals surface area contributed by atoms with Crippen molar-refractivity contribution in [2.24, 2.45) is 16.7 Å². The zero-order valence-corrected chi connectivity index (χ0v) is 13.0. The van der Waals surface area contributed by atoms with Crippen LogP contribution in [-0.4, -0.2) is 10.4 Å². The van der Waals surface area contributed by atoms with Gasteiger partial charge in [0.15, 0.2) is 5.78 Å². The second kappa shape index (κ2) is 3.78. The Bertz CT molecular complexity index is 585. The van der Waals surface area contributed by atoms with Crippen LogP contribution in [-0.2, 0) is 13.0 Å². The molecule has 20 heavy (non-hydrogen) atoms. The molecule has 0 unspecified atom stereocenters. The molecule has 0 amide bonds. The van der Waals surface area contributed by atoms with E-state index in [0.717, 1.165) is 17.9 Å². The van der Waals surface area contributed by atoms with E-state index in [1.54, 1.807) is 0 Å². The number of carbonyl (C=O) groups excluding carboxylic acids is 1. The van der Waals surface area contributed by atoms with Gasteiger partial charge in [0.2, 0.25) is 0 Å². The zero-order chi connectivity index (χ0) is 14.1. The molecule has 0 bridgehead atoms. The van der Waals surface area contributed by atoms with E-state index >= 15 is 0 Å². The van der Waals surface area contributed by atoms with Crippen LogP contribution >= 0.6 is 0 Å². The first-order valence-electron chi connectivity index (χ1n) is 8.12. The van der Waals surface area contributed by atoms with Gasteiger partial charge in [0.1, 0.15) is 0 Å². The topological polar surface area (TPSA) is 22.0 Å². The molecular formula is C18H25NO. The molecule has 2 fully saturated rings. The summed E-state index contributed by atoms with van der Waals surface area (Å²) in [6, 6.07) is 2.15. The number of carbonyl (C=O) groups is 1. The number of rotatable bonds is 3. The van der Waals surface area contributed by atoms with Gasteiger partial charge >= 0.3 is 0 Å². The predicted octanol–water partition coefficient (Wildman–Crippen LogP) is 4.14. The fourth-order valence-corrected chi connectivity index (χ4v) is 4.29. The van der Waals surface area contributed by atoms with Crippen molar-refractivity contribution in [2.45, 2.75) is 65.8 Å². The molecule has 1 aromatic heterocycles. The van der Waals surface area contributed by atoms with Crippen LogP contribution in [0.25, 0.3) is 0 Å². The predicted molar refractivity (Wildman–Crippen MR) is 80.0 cm³/mol. The van der Waals surface area contributed by atoms with Crippen LogP contribution < -0.4 is 0 Å². The molecule has 4 rings (SSSR count). The van der Waals surface area contributed by atoms with E-state index < -0.39 is 0 Å². The minimum absolute atomic E-state index is 0.128. The van der Waals surface area contributed by atoms with E-state index in [-0.39, 0.29) is 5.41 Å². The number of nitrogens with zero attached hydrogens (tertiary/aromatic N) is 1. The second-order valence-corrected chi connectivity index (χ2v) is 8.31. The van der Waals surface area contributed by atoms with Crippen molar-refractivity contribution >= 4 is 5.78 Å². The number of fused-ring (bicyclic) bond motifs is 1. The molecule has 108 valence electrons. The smallest absolute Gasteiger partial charge is 0.165 e. The van der Waals surface area contributed by atoms with Crippen LogP contribution in [0.4, 0.5) is 0 Å². The van der Waals surface area contributed by atoms with E-state index in [9.17, 15) is 4.79 Å². The molecule has 0 spiro atoms. The molecule has 0 radical (unpaired) electrons. The fourth-order valence-electron chi connectivity index (χ4n) is 4.29. The van der Waals surface area contributed by atoms with Gasteiger partial charge in [-0.1, -0.05) is 13.8 Å². The van der Waals surface area contributed by atoms with Crippen molar-refractivity contribution in [1.29, 1.82) is 0 Å². The van der Waals surface area contributed by atoms with E-state index in [4.69, 9.17) is 0 Å². The Kier molecular flexibility index (Phi) is 2.39. The Labute approximate surface area is 121 Å². The van der Waals surface area contributed by atoms with Gasteiger partial charge in [0, 0.05) is 29.9 Å². The van der Waals surface area contributed by atoms with Gasteiger partial charge in [0.05, 0.1) is 0 Å². The number of aromatic nitrogens is 1. The van der Waals surface area contributed by atoms with Crippen molar-refractivity contribution in [3.05, 3.63) is 23.0 Å². The minimum Gasteiger partial charge on any atom is -0.348 e. The van der Waals surface area contributed by atoms with Crippen molar-refractivity contribution in [2.75, 3.05) is 0 Å². The van der Waals surface area contributed by atoms with Crippen molar-refractivity contribution in [1.82, 2.24) is 4.57 Å². The molecule has 3 aliphatic carbocycles. The highest BCUT2D eigenvalue weighted by atomic mass is 16.1. The highest BCUT2D eigenvalue weighted by Gasteiger charge is 2.54. The van der Waals surface area contributed by atoms with Gasteiger partial charge in [0.25, 0.3) is 0 Å². The molecule has 2 heteroatoms. The largest absolute Gasteiger partial charge is 0.348 e. The van der Waals surface area contributed by atoms with Gasteiger partial charge < -0.3 is 4.57 Å². The molecule has 0 atom stereocenters. The Morgan fingerprint density at radius 3 is 2.55 bits per heavy atom. The third kappa shape index (κ3) is 1.88. The molecule has 1 aromatic rings. The normalized spacial score (nSPS) is 26.4. The van der Waals surface area contributed by atoms with Gasteiger partial charge in [-0.25, -0.2) is 0 Å². The summed E-state index contributed by atoms with van der Waals surface area (Å²) in [5, 5.41) is 0. The number of hydrogen-bond donors (Lipinski definition) is 0. The minimum atomic E-state index is 0.128. The number of aryl methyl sites for hydroxylation is 1. The molecule has 2 saturated carbocycles. The first-order chi connectivity index (χ1) is 9.40. The molecule has 0 saturated heterocycles. The summed E-state index contributed by atoms with van der Waals surface area (Å²) in [4.78, 5) is 12.4. The maximum absolute atomic E-state index is 12.4. The van der Waals surface area contributed by atoms with Crippen LogP contribution in [0, 0.1) is 23.7 Å². The van der Waals surface area contributed by atoms with Crippen LogP contribution in [0.5, 0.6) is 0 Å². The molecule has 3 aliphatic rings. The number of hydrogen-bond acceptors (Lipinski definition) is 1. The Morgan fingerprint density at radius 2 is 1.95 bits per heavy atom. The van der Waals surface area contributed by atoms with E-state index in [0.29, 0.717) is 17.6 Å². The molecule has 0 aromatic carbocycles. The summed E-state index contributed by atoms with van der Waals surface area (Å²) in [6.07, 6.45) is 7.45. The highest BCUT2D eigenvalue weighted by Crippen LogP contribution is 2.62. The van der Waals surface area contributed by atoms with Crippen molar-refractivity contribution in [3.8, 4) is 0 Å². The first kappa shape index (κ1) is 12.7. The summed E-state index contributed by atoms with van der Waals surface area (Å²) in [5.41, 5.74) is 4.38. The lowest BCUT2D eigenvalue weighted by Gasteiger charge is -2.31. The maximum Gasteiger partial charge on any atom is 0.165 e. The summed E-state index contributed by atoms with van der Waals surface area (Å²) in [6.45, 7) is 7.81. The van der Waals surface area contributed by atoms with Crippen LogP contribution in [0.3, 0.4) is 0 Å². The maximum atomic E-state index is 12.4. The standard InChI is InChI=1S/C18H25NO/c1-12-8-14-15(9-17(2,3)10-16(14)20)19(12)11-18(6-7-18)13-4-5-13/h8,13H,4-7,9-11H2,1-3H3. The van der Waals surface area contributed by atoms with Gasteiger partial charge in [-0.05, 0) is 61.8 Å². The number of ketones is 1. The lowest BCUT2D eigenvalue weighted by molar-refractivity contribution is 0.0909. The Hall–Kier alpha value is -1.05. The van der Waals surface area contributed by atoms with E-state index in [2.05, 4.69) is 31.4 Å². The lowest BCUT2D eigenvalue weighted by atomic mass is 9.76. The van der Waals surface area contributed by atoms with Crippen LogP contribution in [0.1, 0.15) is 67.7 Å². The first-order valence-corrected chi connectivity index (χ1v) is 8.12. The monoisotopic (exact) mass is 271 g/mol. The van der Waals surface area contributed by atoms with Crippen LogP contribution in [0.15, 0.2) is 6.07 Å². The SMILES string of the molecule is Cc1cc2c(n1CC1(C3CC3)CC1)CC(C)(C)CC2=O. The third-order valence-corrected chi connectivity index (χ3v) is 5.81. The van der Waals surface area contributed by atoms with Gasteiger partial charge in [-0.3, -0.25) is 4.79 Å². The van der Waals surface area contributed by atoms with Crippen LogP contribution in [0.2, 0.25) is 0 Å². The second-order valence-electron chi connectivity index (χ2n) is 8.31. The molecule has 1 heterocycles. The molecule has 2 nitrogen and oxygen atoms in total. The quantitative estimate of drug-likeness (QED) is 0.809. The molecule has 0 aliphatic heterocycles. The zero-order valence-electron chi connectivity index (χ0n) is 13.0. The Balaban J connectivity index is 1.72. The van der Waals surface area contributed by atoms with Gasteiger partial charge in [-0.2, -0.15) is 0 Å². The van der Waals surface area contributed by atoms with E-state index in [1.165, 1.54) is 43.6 Å². The van der Waals surface area contributed by atoms with Crippen molar-refractivity contribution < 1.29 is 4.79 Å². The third-order valence-electron chi connectivity index (χ3n) is 5.81. The molecular weight excluding hydrogens is 246 g/mol. The average Bonchev–Trinajstić information content (AvgIpc) is 3.21. The summed E-state index contributed by atoms with van der Waals surface area (Å²) < 4.78 is 2.50. The fraction of sp³-hybridized carbons (Fsp3) is 0.722. The summed E-state index contributed by atoms with van der Waals surface area (Å²) >= 11 is 0. The highest BCUT2D eigenvalue weighted by molar-refractivity contribution is 5.99. The summed E-state index contributed by atoms with van der Waals surface area (Å²) in [5.74, 6) is 1.33. The number of Topliss-reactive ketones (excluding diaryl/α,β-unsaturated/α-hetero) is 1. The van der Waals surface area contributed by atoms with Gasteiger partial charge in [-0.15, -0.1) is 0 Å². The van der Waals surface area contributed by atoms with Crippen molar-refractivity contribution in [3.63, 3.8) is 0 Å². The summed E-state index contributed by atoms with van der Waals surface area (Å²) in [7, 11) is 0. The molecule has 0 N–H and O–H groups in total.